The van der Waals surface area contributed by atoms with Crippen molar-refractivity contribution in [3.8, 4) is 0 Å². The van der Waals surface area contributed by atoms with Crippen LogP contribution in [0.15, 0.2) is 30.3 Å². The second-order valence-electron chi connectivity index (χ2n) is 6.25. The number of carbonyl (C=O) groups is 1. The largest absolute Gasteiger partial charge is 0.379 e. The number of carbonyl (C=O) groups excluding carboxylic acids is 1. The van der Waals surface area contributed by atoms with Crippen LogP contribution in [0.4, 0.5) is 0 Å². The Labute approximate surface area is 126 Å². The maximum atomic E-state index is 11.5. The van der Waals surface area contributed by atoms with Crippen molar-refractivity contribution >= 4 is 5.91 Å². The molecule has 116 valence electrons. The molecule has 1 aliphatic rings. The van der Waals surface area contributed by atoms with Gasteiger partial charge in [-0.05, 0) is 25.8 Å². The first kappa shape index (κ1) is 16.0. The van der Waals surface area contributed by atoms with Gasteiger partial charge in [-0.25, -0.2) is 0 Å². The lowest BCUT2D eigenvalue weighted by molar-refractivity contribution is -0.134. The Morgan fingerprint density at radius 1 is 1.33 bits per heavy atom. The van der Waals surface area contributed by atoms with Crippen LogP contribution in [0, 0.1) is 5.92 Å². The van der Waals surface area contributed by atoms with Crippen LogP contribution in [0.25, 0.3) is 0 Å². The summed E-state index contributed by atoms with van der Waals surface area (Å²) in [5.41, 5.74) is 0.847. The van der Waals surface area contributed by atoms with E-state index in [1.54, 1.807) is 14.0 Å². The summed E-state index contributed by atoms with van der Waals surface area (Å²) in [4.78, 5) is 11.5. The second-order valence-corrected chi connectivity index (χ2v) is 6.25. The monoisotopic (exact) mass is 291 g/mol. The summed E-state index contributed by atoms with van der Waals surface area (Å²) in [6.07, 6.45) is 0.873. The van der Waals surface area contributed by atoms with Crippen LogP contribution in [0.2, 0.25) is 0 Å². The third-order valence-corrected chi connectivity index (χ3v) is 4.28. The van der Waals surface area contributed by atoms with Crippen LogP contribution in [-0.2, 0) is 14.3 Å². The number of hydrogen-bond acceptors (Lipinski definition) is 3. The van der Waals surface area contributed by atoms with E-state index in [4.69, 9.17) is 9.47 Å². The molecule has 4 heteroatoms. The highest BCUT2D eigenvalue weighted by Crippen LogP contribution is 2.38. The molecule has 2 rings (SSSR count). The van der Waals surface area contributed by atoms with Gasteiger partial charge in [0.2, 0.25) is 5.91 Å². The Bertz CT molecular complexity index is 472. The quantitative estimate of drug-likeness (QED) is 0.928. The molecule has 0 radical (unpaired) electrons. The zero-order valence-corrected chi connectivity index (χ0v) is 13.3. The van der Waals surface area contributed by atoms with Crippen LogP contribution in [0.3, 0.4) is 0 Å². The smallest absolute Gasteiger partial charge is 0.217 e. The van der Waals surface area contributed by atoms with Crippen molar-refractivity contribution in [1.82, 2.24) is 5.32 Å². The molecule has 1 fully saturated rings. The third kappa shape index (κ3) is 3.83. The molecule has 0 spiro atoms. The molecule has 21 heavy (non-hydrogen) atoms. The standard InChI is InChI=1S/C17H25NO3/c1-12(19)18-17(2,3)14-10-15(21-11-16(14)20-4)13-8-6-5-7-9-13/h5-9,14-16H,10-11H2,1-4H3,(H,18,19)/t14-,15?,16+/m1/s1. The maximum Gasteiger partial charge on any atom is 0.217 e. The van der Waals surface area contributed by atoms with Gasteiger partial charge in [-0.3, -0.25) is 4.79 Å². The van der Waals surface area contributed by atoms with E-state index in [1.165, 1.54) is 5.56 Å². The van der Waals surface area contributed by atoms with Crippen molar-refractivity contribution < 1.29 is 14.3 Å². The molecule has 1 aromatic carbocycles. The minimum absolute atomic E-state index is 0.00758. The van der Waals surface area contributed by atoms with E-state index in [0.29, 0.717) is 6.61 Å². The van der Waals surface area contributed by atoms with Gasteiger partial charge >= 0.3 is 0 Å². The van der Waals surface area contributed by atoms with Crippen LogP contribution in [-0.4, -0.2) is 31.3 Å². The summed E-state index contributed by atoms with van der Waals surface area (Å²) in [7, 11) is 1.70. The average molecular weight is 291 g/mol. The fraction of sp³-hybridized carbons (Fsp3) is 0.588. The highest BCUT2D eigenvalue weighted by Gasteiger charge is 2.41. The maximum absolute atomic E-state index is 11.5. The van der Waals surface area contributed by atoms with Gasteiger partial charge in [0, 0.05) is 25.5 Å². The first-order valence-electron chi connectivity index (χ1n) is 7.42. The van der Waals surface area contributed by atoms with E-state index in [2.05, 4.69) is 31.3 Å². The SMILES string of the molecule is CO[C@H]1COC(c2ccccc2)C[C@H]1C(C)(C)NC(C)=O. The Morgan fingerprint density at radius 3 is 2.57 bits per heavy atom. The van der Waals surface area contributed by atoms with E-state index < -0.39 is 0 Å². The lowest BCUT2D eigenvalue weighted by Gasteiger charge is -2.44. The van der Waals surface area contributed by atoms with E-state index in [0.717, 1.165) is 6.42 Å². The summed E-state index contributed by atoms with van der Waals surface area (Å²) < 4.78 is 11.5. The highest BCUT2D eigenvalue weighted by atomic mass is 16.5. The topological polar surface area (TPSA) is 47.6 Å². The van der Waals surface area contributed by atoms with Crippen molar-refractivity contribution in [3.05, 3.63) is 35.9 Å². The predicted octanol–water partition coefficient (Wildman–Crippen LogP) is 2.69. The number of benzene rings is 1. The Balaban J connectivity index is 2.18. The zero-order chi connectivity index (χ0) is 15.5. The van der Waals surface area contributed by atoms with Crippen molar-refractivity contribution in [3.63, 3.8) is 0 Å². The second kappa shape index (κ2) is 6.58. The number of ether oxygens (including phenoxy) is 2. The Morgan fingerprint density at radius 2 is 2.00 bits per heavy atom. The molecule has 1 amide bonds. The molecule has 1 saturated heterocycles. The van der Waals surface area contributed by atoms with Gasteiger partial charge < -0.3 is 14.8 Å². The molecule has 1 unspecified atom stereocenters. The van der Waals surface area contributed by atoms with E-state index in [1.807, 2.05) is 18.2 Å². The summed E-state index contributed by atoms with van der Waals surface area (Å²) in [5, 5.41) is 3.05. The molecule has 1 heterocycles. The van der Waals surface area contributed by atoms with Gasteiger partial charge in [0.15, 0.2) is 0 Å². The van der Waals surface area contributed by atoms with E-state index >= 15 is 0 Å². The minimum Gasteiger partial charge on any atom is -0.379 e. The number of methoxy groups -OCH3 is 1. The van der Waals surface area contributed by atoms with Crippen molar-refractivity contribution in [2.75, 3.05) is 13.7 Å². The first-order valence-corrected chi connectivity index (χ1v) is 7.42. The average Bonchev–Trinajstić information content (AvgIpc) is 2.46. The van der Waals surface area contributed by atoms with Crippen LogP contribution < -0.4 is 5.32 Å². The molecule has 0 aliphatic carbocycles. The van der Waals surface area contributed by atoms with Gasteiger partial charge in [-0.1, -0.05) is 30.3 Å². The molecule has 3 atom stereocenters. The summed E-state index contributed by atoms with van der Waals surface area (Å²) in [6, 6.07) is 10.2. The number of amides is 1. The van der Waals surface area contributed by atoms with Crippen LogP contribution in [0.1, 0.15) is 38.9 Å². The first-order chi connectivity index (χ1) is 9.94. The lowest BCUT2D eigenvalue weighted by Crippen LogP contribution is -2.55. The number of hydrogen-bond donors (Lipinski definition) is 1. The van der Waals surface area contributed by atoms with Gasteiger partial charge in [-0.2, -0.15) is 0 Å². The number of nitrogens with one attached hydrogen (secondary N) is 1. The van der Waals surface area contributed by atoms with Gasteiger partial charge in [0.1, 0.15) is 0 Å². The van der Waals surface area contributed by atoms with Gasteiger partial charge in [0.05, 0.1) is 18.8 Å². The molecular weight excluding hydrogens is 266 g/mol. The van der Waals surface area contributed by atoms with Crippen LogP contribution >= 0.6 is 0 Å². The van der Waals surface area contributed by atoms with Crippen molar-refractivity contribution in [1.29, 1.82) is 0 Å². The van der Waals surface area contributed by atoms with Crippen LogP contribution in [0.5, 0.6) is 0 Å². The summed E-state index contributed by atoms with van der Waals surface area (Å²) in [5.74, 6) is 0.183. The van der Waals surface area contributed by atoms with Gasteiger partial charge in [-0.15, -0.1) is 0 Å². The molecule has 0 aromatic heterocycles. The fourth-order valence-corrected chi connectivity index (χ4v) is 3.22. The fourth-order valence-electron chi connectivity index (χ4n) is 3.22. The highest BCUT2D eigenvalue weighted by molar-refractivity contribution is 5.73. The Hall–Kier alpha value is -1.39. The molecule has 1 aliphatic heterocycles. The van der Waals surface area contributed by atoms with E-state index in [-0.39, 0.29) is 29.6 Å². The van der Waals surface area contributed by atoms with E-state index in [9.17, 15) is 4.79 Å². The normalized spacial score (nSPS) is 26.4. The molecule has 0 saturated carbocycles. The molecule has 1 N–H and O–H groups in total. The van der Waals surface area contributed by atoms with Crippen molar-refractivity contribution in [2.24, 2.45) is 5.92 Å². The predicted molar refractivity (Wildman–Crippen MR) is 81.9 cm³/mol. The third-order valence-electron chi connectivity index (χ3n) is 4.28. The van der Waals surface area contributed by atoms with Gasteiger partial charge in [0.25, 0.3) is 0 Å². The summed E-state index contributed by atoms with van der Waals surface area (Å²) >= 11 is 0. The Kier molecular flexibility index (Phi) is 5.01. The minimum atomic E-state index is -0.330. The summed E-state index contributed by atoms with van der Waals surface area (Å²) in [6.45, 7) is 6.21. The molecule has 0 bridgehead atoms. The molecule has 1 aromatic rings. The number of rotatable bonds is 4. The molecule has 4 nitrogen and oxygen atoms in total. The lowest BCUT2D eigenvalue weighted by atomic mass is 9.77. The van der Waals surface area contributed by atoms with Crippen molar-refractivity contribution in [2.45, 2.75) is 44.9 Å². The molecular formula is C17H25NO3. The zero-order valence-electron chi connectivity index (χ0n) is 13.3.